The summed E-state index contributed by atoms with van der Waals surface area (Å²) in [6.45, 7) is 11.3. The Bertz CT molecular complexity index is 794. The smallest absolute Gasteiger partial charge is 0.306 e. The second-order valence-electron chi connectivity index (χ2n) is 16.6. The first-order chi connectivity index (χ1) is 25.2. The van der Waals surface area contributed by atoms with E-state index < -0.39 is 6.10 Å². The van der Waals surface area contributed by atoms with Crippen molar-refractivity contribution in [2.75, 3.05) is 13.2 Å². The Morgan fingerprint density at radius 3 is 0.942 bits per heavy atom. The topological polar surface area (TPSA) is 78.9 Å². The molecule has 0 heterocycles. The van der Waals surface area contributed by atoms with E-state index in [9.17, 15) is 14.4 Å². The van der Waals surface area contributed by atoms with Crippen LogP contribution in [-0.4, -0.2) is 37.2 Å². The molecule has 308 valence electrons. The first-order valence-corrected chi connectivity index (χ1v) is 22.7. The van der Waals surface area contributed by atoms with Gasteiger partial charge in [-0.2, -0.15) is 0 Å². The van der Waals surface area contributed by atoms with Crippen molar-refractivity contribution in [1.29, 1.82) is 0 Å². The molecule has 0 unspecified atom stereocenters. The fraction of sp³-hybridized carbons (Fsp3) is 0.935. The van der Waals surface area contributed by atoms with Crippen LogP contribution in [0.3, 0.4) is 0 Å². The van der Waals surface area contributed by atoms with E-state index >= 15 is 0 Å². The zero-order valence-corrected chi connectivity index (χ0v) is 35.4. The quantitative estimate of drug-likeness (QED) is 0.0354. The standard InChI is InChI=1S/C46H88O6/c1-6-7-8-9-19-26-31-36-44(47)50-39-43(40-51-45(48)37-32-27-23-18-21-25-30-35-42(4)5)52-46(49)38-33-28-22-17-15-13-11-10-12-14-16-20-24-29-34-41(2)3/h41-43H,6-40H2,1-5H3/t43-/m1/s1. The van der Waals surface area contributed by atoms with E-state index in [1.165, 1.54) is 135 Å². The van der Waals surface area contributed by atoms with Gasteiger partial charge in [0.15, 0.2) is 6.10 Å². The largest absolute Gasteiger partial charge is 0.462 e. The Kier molecular flexibility index (Phi) is 37.9. The molecule has 0 amide bonds. The Balaban J connectivity index is 4.23. The molecule has 0 aromatic heterocycles. The lowest BCUT2D eigenvalue weighted by atomic mass is 10.0. The molecule has 0 saturated heterocycles. The number of hydrogen-bond acceptors (Lipinski definition) is 6. The van der Waals surface area contributed by atoms with Crippen LogP contribution in [-0.2, 0) is 28.6 Å². The number of unbranched alkanes of at least 4 members (excludes halogenated alkanes) is 25. The average molecular weight is 737 g/mol. The molecule has 1 atom stereocenters. The van der Waals surface area contributed by atoms with Gasteiger partial charge in [-0.1, -0.05) is 208 Å². The zero-order valence-electron chi connectivity index (χ0n) is 35.4. The third-order valence-electron chi connectivity index (χ3n) is 10.2. The molecule has 6 nitrogen and oxygen atoms in total. The van der Waals surface area contributed by atoms with Crippen molar-refractivity contribution in [3.8, 4) is 0 Å². The summed E-state index contributed by atoms with van der Waals surface area (Å²) in [5, 5.41) is 0. The molecule has 0 radical (unpaired) electrons. The number of hydrogen-bond donors (Lipinski definition) is 0. The number of carbonyl (C=O) groups is 3. The minimum Gasteiger partial charge on any atom is -0.462 e. The highest BCUT2D eigenvalue weighted by molar-refractivity contribution is 5.71. The molecule has 52 heavy (non-hydrogen) atoms. The molecule has 0 bridgehead atoms. The maximum Gasteiger partial charge on any atom is 0.306 e. The fourth-order valence-corrected chi connectivity index (χ4v) is 6.75. The maximum atomic E-state index is 12.7. The third-order valence-corrected chi connectivity index (χ3v) is 10.2. The summed E-state index contributed by atoms with van der Waals surface area (Å²) in [6, 6.07) is 0. The van der Waals surface area contributed by atoms with Crippen LogP contribution in [0.5, 0.6) is 0 Å². The van der Waals surface area contributed by atoms with Gasteiger partial charge in [-0.05, 0) is 31.1 Å². The van der Waals surface area contributed by atoms with Gasteiger partial charge in [0.1, 0.15) is 13.2 Å². The second-order valence-corrected chi connectivity index (χ2v) is 16.6. The van der Waals surface area contributed by atoms with Crippen molar-refractivity contribution in [2.24, 2.45) is 11.8 Å². The summed E-state index contributed by atoms with van der Waals surface area (Å²) < 4.78 is 16.6. The van der Waals surface area contributed by atoms with E-state index in [1.54, 1.807) is 0 Å². The SMILES string of the molecule is CCCCCCCCCC(=O)OC[C@H](COC(=O)CCCCCCCCCC(C)C)OC(=O)CCCCCCCCCCCCCCCCC(C)C. The Labute approximate surface area is 323 Å². The Hall–Kier alpha value is -1.59. The van der Waals surface area contributed by atoms with E-state index in [4.69, 9.17) is 14.2 Å². The van der Waals surface area contributed by atoms with Crippen LogP contribution in [0.4, 0.5) is 0 Å². The van der Waals surface area contributed by atoms with Gasteiger partial charge in [0.05, 0.1) is 0 Å². The van der Waals surface area contributed by atoms with Gasteiger partial charge in [0.2, 0.25) is 0 Å². The molecule has 6 heteroatoms. The molecular weight excluding hydrogens is 649 g/mol. The summed E-state index contributed by atoms with van der Waals surface area (Å²) in [7, 11) is 0. The monoisotopic (exact) mass is 737 g/mol. The fourth-order valence-electron chi connectivity index (χ4n) is 6.75. The molecule has 0 aliphatic carbocycles. The second kappa shape index (κ2) is 39.1. The first-order valence-electron chi connectivity index (χ1n) is 22.7. The molecule has 0 spiro atoms. The molecule has 0 aliphatic rings. The van der Waals surface area contributed by atoms with Crippen LogP contribution in [0.1, 0.15) is 247 Å². The summed E-state index contributed by atoms with van der Waals surface area (Å²) in [5.41, 5.74) is 0. The van der Waals surface area contributed by atoms with Crippen molar-refractivity contribution in [3.05, 3.63) is 0 Å². The minimum absolute atomic E-state index is 0.0660. The van der Waals surface area contributed by atoms with Crippen LogP contribution in [0, 0.1) is 11.8 Å². The zero-order chi connectivity index (χ0) is 38.3. The van der Waals surface area contributed by atoms with Crippen LogP contribution >= 0.6 is 0 Å². The molecule has 0 aromatic rings. The Morgan fingerprint density at radius 1 is 0.365 bits per heavy atom. The molecule has 0 fully saturated rings. The molecular formula is C46H88O6. The highest BCUT2D eigenvalue weighted by Gasteiger charge is 2.19. The first kappa shape index (κ1) is 50.4. The lowest BCUT2D eigenvalue weighted by Crippen LogP contribution is -2.30. The van der Waals surface area contributed by atoms with Crippen LogP contribution < -0.4 is 0 Å². The number of esters is 3. The van der Waals surface area contributed by atoms with Gasteiger partial charge in [-0.15, -0.1) is 0 Å². The van der Waals surface area contributed by atoms with E-state index in [-0.39, 0.29) is 31.1 Å². The van der Waals surface area contributed by atoms with E-state index in [1.807, 2.05) is 0 Å². The van der Waals surface area contributed by atoms with Gasteiger partial charge in [0.25, 0.3) is 0 Å². The van der Waals surface area contributed by atoms with Gasteiger partial charge in [-0.3, -0.25) is 14.4 Å². The van der Waals surface area contributed by atoms with Crippen molar-refractivity contribution in [3.63, 3.8) is 0 Å². The van der Waals surface area contributed by atoms with E-state index in [0.29, 0.717) is 19.3 Å². The van der Waals surface area contributed by atoms with Gasteiger partial charge < -0.3 is 14.2 Å². The summed E-state index contributed by atoms with van der Waals surface area (Å²) >= 11 is 0. The number of rotatable bonds is 40. The van der Waals surface area contributed by atoms with Crippen molar-refractivity contribution >= 4 is 17.9 Å². The molecule has 0 aliphatic heterocycles. The Morgan fingerprint density at radius 2 is 0.635 bits per heavy atom. The maximum absolute atomic E-state index is 12.7. The molecule has 0 saturated carbocycles. The van der Waals surface area contributed by atoms with Crippen molar-refractivity contribution in [1.82, 2.24) is 0 Å². The van der Waals surface area contributed by atoms with Gasteiger partial charge in [0, 0.05) is 19.3 Å². The third kappa shape index (κ3) is 39.6. The van der Waals surface area contributed by atoms with Gasteiger partial charge >= 0.3 is 17.9 Å². The molecule has 0 aromatic carbocycles. The van der Waals surface area contributed by atoms with E-state index in [2.05, 4.69) is 34.6 Å². The number of carbonyl (C=O) groups excluding carboxylic acids is 3. The van der Waals surface area contributed by atoms with Crippen LogP contribution in [0.25, 0.3) is 0 Å². The molecule has 0 N–H and O–H groups in total. The number of ether oxygens (including phenoxy) is 3. The lowest BCUT2D eigenvalue weighted by molar-refractivity contribution is -0.167. The van der Waals surface area contributed by atoms with E-state index in [0.717, 1.165) is 69.6 Å². The van der Waals surface area contributed by atoms with Crippen molar-refractivity contribution in [2.45, 2.75) is 253 Å². The van der Waals surface area contributed by atoms with Gasteiger partial charge in [-0.25, -0.2) is 0 Å². The summed E-state index contributed by atoms with van der Waals surface area (Å²) in [4.78, 5) is 37.5. The summed E-state index contributed by atoms with van der Waals surface area (Å²) in [5.74, 6) is 0.759. The van der Waals surface area contributed by atoms with Crippen LogP contribution in [0.2, 0.25) is 0 Å². The summed E-state index contributed by atoms with van der Waals surface area (Å²) in [6.07, 6.45) is 36.8. The molecule has 0 rings (SSSR count). The highest BCUT2D eigenvalue weighted by atomic mass is 16.6. The highest BCUT2D eigenvalue weighted by Crippen LogP contribution is 2.16. The lowest BCUT2D eigenvalue weighted by Gasteiger charge is -2.18. The predicted molar refractivity (Wildman–Crippen MR) is 220 cm³/mol. The normalized spacial score (nSPS) is 12.1. The van der Waals surface area contributed by atoms with Crippen LogP contribution in [0.15, 0.2) is 0 Å². The minimum atomic E-state index is -0.759. The predicted octanol–water partition coefficient (Wildman–Crippen LogP) is 14.2. The van der Waals surface area contributed by atoms with Crippen molar-refractivity contribution < 1.29 is 28.6 Å². The average Bonchev–Trinajstić information content (AvgIpc) is 3.11.